The van der Waals surface area contributed by atoms with Crippen molar-refractivity contribution in [3.63, 3.8) is 0 Å². The summed E-state index contributed by atoms with van der Waals surface area (Å²) in [7, 11) is 0. The molecule has 12 aromatic rings. The maximum Gasteiger partial charge on any atom is 0.168 e. The molecule has 8 heterocycles. The van der Waals surface area contributed by atoms with Crippen molar-refractivity contribution < 1.29 is 27.0 Å². The number of nitrogens with zero attached hydrogens (tertiary/aromatic N) is 4. The van der Waals surface area contributed by atoms with Gasteiger partial charge in [0.2, 0.25) is 0 Å². The van der Waals surface area contributed by atoms with Gasteiger partial charge < -0.3 is 9.47 Å². The van der Waals surface area contributed by atoms with Crippen molar-refractivity contribution in [2.24, 2.45) is 11.8 Å². The SMILES string of the molecule is CCCCCCCCCCCCOc1c(C)c(-c2ccc(-c3ccc(-c4ccc(-c5c(OCCCCCCCCCCCC)c(C)c(-c6cc7c(-c8cc(F)c(CC(CC)CCCC)s8)c8sc(C)cc8c(-c8cc(F)c(CC(CC)CCCC)s8)c7s6)c6nsnc56)s4)c(F)c3F)s2)c2nsnc2c1C. The van der Waals surface area contributed by atoms with Crippen molar-refractivity contribution in [2.45, 2.75) is 262 Å². The number of fused-ring (bicyclic) bond motifs is 4. The average molecular weight is 1580 g/mol. The fourth-order valence-electron chi connectivity index (χ4n) is 15.6. The highest BCUT2D eigenvalue weighted by Gasteiger charge is 2.32. The third kappa shape index (κ3) is 18.1. The molecule has 12 rings (SSSR count). The van der Waals surface area contributed by atoms with Crippen LogP contribution in [0.3, 0.4) is 0 Å². The van der Waals surface area contributed by atoms with Gasteiger partial charge in [0.05, 0.1) is 42.2 Å². The van der Waals surface area contributed by atoms with E-state index < -0.39 is 11.6 Å². The summed E-state index contributed by atoms with van der Waals surface area (Å²) >= 11 is 11.7. The maximum absolute atomic E-state index is 17.2. The van der Waals surface area contributed by atoms with E-state index in [0.717, 1.165) is 216 Å². The normalized spacial score (nSPS) is 12.6. The van der Waals surface area contributed by atoms with Crippen molar-refractivity contribution in [2.75, 3.05) is 13.2 Å². The van der Waals surface area contributed by atoms with Crippen LogP contribution in [0.5, 0.6) is 11.5 Å². The molecule has 6 nitrogen and oxygen atoms in total. The quantitative estimate of drug-likeness (QED) is 0.0280. The molecular weight excluding hydrogens is 1480 g/mol. The lowest BCUT2D eigenvalue weighted by molar-refractivity contribution is 0.301. The van der Waals surface area contributed by atoms with Crippen LogP contribution in [0.2, 0.25) is 0 Å². The van der Waals surface area contributed by atoms with E-state index in [0.29, 0.717) is 64.4 Å². The van der Waals surface area contributed by atoms with Gasteiger partial charge in [0, 0.05) is 119 Å². The van der Waals surface area contributed by atoms with Crippen LogP contribution in [-0.2, 0) is 12.8 Å². The van der Waals surface area contributed by atoms with Crippen molar-refractivity contribution in [3.8, 4) is 84.6 Å². The molecule has 2 atom stereocenters. The van der Waals surface area contributed by atoms with Crippen LogP contribution in [0.25, 0.3) is 115 Å². The lowest BCUT2D eigenvalue weighted by Crippen LogP contribution is -2.03. The second-order valence-electron chi connectivity index (χ2n) is 29.5. The topological polar surface area (TPSA) is 70.0 Å². The Bertz CT molecular complexity index is 4770. The minimum absolute atomic E-state index is 0.151. The molecule has 0 bridgehead atoms. The van der Waals surface area contributed by atoms with E-state index in [-0.39, 0.29) is 22.8 Å². The van der Waals surface area contributed by atoms with Gasteiger partial charge in [-0.15, -0.1) is 68.0 Å². The molecule has 106 heavy (non-hydrogen) atoms. The number of benzene rings is 4. The third-order valence-electron chi connectivity index (χ3n) is 21.7. The van der Waals surface area contributed by atoms with Crippen LogP contribution >= 0.6 is 91.5 Å². The summed E-state index contributed by atoms with van der Waals surface area (Å²) in [5.74, 6) is 0.165. The third-order valence-corrected chi connectivity index (χ3v) is 29.6. The Morgan fingerprint density at radius 2 is 0.736 bits per heavy atom. The second-order valence-corrected chi connectivity index (χ2v) is 37.3. The maximum atomic E-state index is 17.2. The first kappa shape index (κ1) is 80.1. The summed E-state index contributed by atoms with van der Waals surface area (Å²) in [5.41, 5.74) is 10.8. The summed E-state index contributed by atoms with van der Waals surface area (Å²) in [6, 6.07) is 19.2. The molecule has 0 aliphatic carbocycles. The van der Waals surface area contributed by atoms with Gasteiger partial charge >= 0.3 is 0 Å². The zero-order valence-corrected chi connectivity index (χ0v) is 70.5. The first-order chi connectivity index (χ1) is 51.7. The van der Waals surface area contributed by atoms with Crippen LogP contribution in [0.15, 0.2) is 60.7 Å². The molecular formula is C88H106F4N4O2S8. The molecule has 0 aliphatic rings. The van der Waals surface area contributed by atoms with Gasteiger partial charge in [0.15, 0.2) is 11.6 Å². The average Bonchev–Trinajstić information content (AvgIpc) is 1.55. The summed E-state index contributed by atoms with van der Waals surface area (Å²) in [6.45, 7) is 22.9. The molecule has 0 fully saturated rings. The van der Waals surface area contributed by atoms with Gasteiger partial charge in [-0.2, -0.15) is 17.5 Å². The zero-order valence-electron chi connectivity index (χ0n) is 63.9. The number of hydrogen-bond acceptors (Lipinski definition) is 14. The van der Waals surface area contributed by atoms with E-state index in [1.807, 2.05) is 24.3 Å². The molecule has 0 saturated carbocycles. The van der Waals surface area contributed by atoms with Crippen LogP contribution < -0.4 is 9.47 Å². The molecule has 0 amide bonds. The number of aromatic nitrogens is 4. The molecule has 0 radical (unpaired) electrons. The molecule has 8 aromatic heterocycles. The molecule has 18 heteroatoms. The molecule has 2 unspecified atom stereocenters. The number of unbranched alkanes of at least 4 members (excludes halogenated alkanes) is 20. The first-order valence-electron chi connectivity index (χ1n) is 39.8. The number of ether oxygens (including phenoxy) is 2. The molecule has 0 N–H and O–H groups in total. The van der Waals surface area contributed by atoms with Crippen LogP contribution in [0.4, 0.5) is 17.6 Å². The van der Waals surface area contributed by atoms with Gasteiger partial charge in [-0.25, -0.2) is 17.6 Å². The number of rotatable bonds is 43. The summed E-state index contributed by atoms with van der Waals surface area (Å²) in [4.78, 5) is 8.36. The second kappa shape index (κ2) is 38.5. The standard InChI is InChI=1S/C88H106F4N4O2S8/c1-11-17-21-23-25-27-29-31-33-35-45-97-85-54(8)74(82-81(56(85)10)93-105-94-82)67-43-41-65(100-67)59-39-40-60(80(92)79(59)91)66-42-44-68(101-66)78-84-83(95-106-96-84)75(55(9)86(78)98-46-36-34-32-30-28-26-24-22-18-12-2)71-50-62-77(73-52-64(90)70(103-73)49-58(16-6)38-20-14-4)87-61(47-53(7)99-87)76(88(62)104-71)72-51-63(89)69(102-72)48-57(15-5)37-19-13-3/h39-44,47,50-52,57-58H,11-38,45-46,48-49H2,1-10H3. The molecule has 566 valence electrons. The summed E-state index contributed by atoms with van der Waals surface area (Å²) in [5, 5.41) is 2.06. The van der Waals surface area contributed by atoms with Gasteiger partial charge in [0.1, 0.15) is 45.2 Å². The van der Waals surface area contributed by atoms with Crippen LogP contribution in [-0.4, -0.2) is 30.7 Å². The highest BCUT2D eigenvalue weighted by molar-refractivity contribution is 7.25. The Hall–Kier alpha value is -5.44. The fourth-order valence-corrected chi connectivity index (χ4v) is 23.9. The molecule has 4 aromatic carbocycles. The van der Waals surface area contributed by atoms with E-state index in [4.69, 9.17) is 27.0 Å². The minimum atomic E-state index is -0.915. The monoisotopic (exact) mass is 1580 g/mol. The van der Waals surface area contributed by atoms with Crippen LogP contribution in [0.1, 0.15) is 253 Å². The number of hydrogen-bond donors (Lipinski definition) is 0. The molecule has 0 aliphatic heterocycles. The zero-order chi connectivity index (χ0) is 74.4. The highest BCUT2D eigenvalue weighted by atomic mass is 32.1. The van der Waals surface area contributed by atoms with Gasteiger partial charge in [0.25, 0.3) is 0 Å². The van der Waals surface area contributed by atoms with Gasteiger partial charge in [-0.05, 0) is 126 Å². The Morgan fingerprint density at radius 3 is 1.23 bits per heavy atom. The van der Waals surface area contributed by atoms with Crippen LogP contribution in [0, 0.1) is 62.8 Å². The van der Waals surface area contributed by atoms with Crippen molar-refractivity contribution >= 4 is 134 Å². The van der Waals surface area contributed by atoms with E-state index in [1.54, 1.807) is 69.6 Å². The van der Waals surface area contributed by atoms with Crippen molar-refractivity contribution in [1.29, 1.82) is 0 Å². The Labute approximate surface area is 659 Å². The predicted molar refractivity (Wildman–Crippen MR) is 456 cm³/mol. The number of halogens is 4. The highest BCUT2D eigenvalue weighted by Crippen LogP contribution is 2.57. The summed E-state index contributed by atoms with van der Waals surface area (Å²) < 4.78 is 103. The van der Waals surface area contributed by atoms with Crippen molar-refractivity contribution in [1.82, 2.24) is 17.5 Å². The fraction of sp³-hybridized carbons (Fsp3) is 0.500. The number of thiophene rings is 6. The van der Waals surface area contributed by atoms with Crippen molar-refractivity contribution in [3.05, 3.63) is 115 Å². The molecule has 0 spiro atoms. The largest absolute Gasteiger partial charge is 0.493 e. The van der Waals surface area contributed by atoms with E-state index in [9.17, 15) is 0 Å². The predicted octanol–water partition coefficient (Wildman–Crippen LogP) is 31.9. The summed E-state index contributed by atoms with van der Waals surface area (Å²) in [6.07, 6.45) is 34.4. The van der Waals surface area contributed by atoms with Gasteiger partial charge in [-0.3, -0.25) is 0 Å². The van der Waals surface area contributed by atoms with E-state index in [2.05, 4.69) is 81.4 Å². The van der Waals surface area contributed by atoms with E-state index >= 15 is 17.6 Å². The number of aryl methyl sites for hydroxylation is 2. The van der Waals surface area contributed by atoms with E-state index in [1.165, 1.54) is 131 Å². The first-order valence-corrected chi connectivity index (χ1v) is 46.1. The van der Waals surface area contributed by atoms with Gasteiger partial charge in [-0.1, -0.05) is 208 Å². The lowest BCUT2D eigenvalue weighted by Gasteiger charge is -2.17. The minimum Gasteiger partial charge on any atom is -0.493 e. The smallest absolute Gasteiger partial charge is 0.168 e. The molecule has 0 saturated heterocycles. The Balaban J connectivity index is 0.904. The Kier molecular flexibility index (Phi) is 29.1. The Morgan fingerprint density at radius 1 is 0.349 bits per heavy atom. The lowest BCUT2D eigenvalue weighted by atomic mass is 9.95.